The van der Waals surface area contributed by atoms with Crippen molar-refractivity contribution in [3.63, 3.8) is 0 Å². The van der Waals surface area contributed by atoms with Gasteiger partial charge in [0, 0.05) is 31.1 Å². The van der Waals surface area contributed by atoms with Crippen molar-refractivity contribution >= 4 is 29.9 Å². The number of alkyl carbamates (subject to hydrolysis) is 2. The highest BCUT2D eigenvalue weighted by Gasteiger charge is 2.53. The number of hydrogen-bond donors (Lipinski definition) is 4. The minimum Gasteiger partial charge on any atom is -0.453 e. The predicted molar refractivity (Wildman–Crippen MR) is 227 cm³/mol. The molecule has 2 saturated heterocycles. The second-order valence-electron chi connectivity index (χ2n) is 17.0. The van der Waals surface area contributed by atoms with E-state index in [-0.39, 0.29) is 35.2 Å². The molecule has 3 aliphatic carbocycles. The Bertz CT molecular complexity index is 2190. The Morgan fingerprint density at radius 3 is 1.84 bits per heavy atom. The van der Waals surface area contributed by atoms with Gasteiger partial charge in [-0.25, -0.2) is 14.6 Å². The normalized spacial score (nSPS) is 24.1. The van der Waals surface area contributed by atoms with E-state index >= 15 is 0 Å². The summed E-state index contributed by atoms with van der Waals surface area (Å²) in [6, 6.07) is 24.9. The number of amides is 5. The fourth-order valence-corrected chi connectivity index (χ4v) is 10.2. The van der Waals surface area contributed by atoms with Gasteiger partial charge >= 0.3 is 12.2 Å². The molecule has 5 amide bonds. The number of H-pyrrole nitrogens is 1. The summed E-state index contributed by atoms with van der Waals surface area (Å²) in [5.41, 5.74) is 4.12. The average molecular weight is 830 g/mol. The highest BCUT2D eigenvalue weighted by Crippen LogP contribution is 2.58. The summed E-state index contributed by atoms with van der Waals surface area (Å²) in [5, 5.41) is 8.69. The van der Waals surface area contributed by atoms with Crippen LogP contribution in [0.5, 0.6) is 0 Å². The van der Waals surface area contributed by atoms with Crippen molar-refractivity contribution in [3.05, 3.63) is 114 Å². The summed E-state index contributed by atoms with van der Waals surface area (Å²) in [4.78, 5) is 78.0. The van der Waals surface area contributed by atoms with Crippen LogP contribution >= 0.6 is 0 Å². The largest absolute Gasteiger partial charge is 0.453 e. The second-order valence-corrected chi connectivity index (χ2v) is 17.0. The molecule has 1 aromatic heterocycles. The first-order valence-electron chi connectivity index (χ1n) is 21.5. The van der Waals surface area contributed by atoms with Gasteiger partial charge in [-0.15, -0.1) is 0 Å². The summed E-state index contributed by atoms with van der Waals surface area (Å²) in [6.45, 7) is 1.50. The Balaban J connectivity index is 0.876. The summed E-state index contributed by atoms with van der Waals surface area (Å²) in [6.07, 6.45) is 8.89. The number of hydrogen-bond acceptors (Lipinski definition) is 8. The fraction of sp³-hybridized carbons (Fsp3) is 0.447. The smallest absolute Gasteiger partial charge is 0.407 e. The number of carbonyl (C=O) groups is 5. The van der Waals surface area contributed by atoms with Gasteiger partial charge in [0.25, 0.3) is 5.91 Å². The Morgan fingerprint density at radius 2 is 1.26 bits per heavy atom. The molecule has 14 nitrogen and oxygen atoms in total. The lowest BCUT2D eigenvalue weighted by molar-refractivity contribution is -0.139. The molecule has 3 heterocycles. The van der Waals surface area contributed by atoms with Crippen molar-refractivity contribution in [3.8, 4) is 11.3 Å². The van der Waals surface area contributed by atoms with E-state index in [2.05, 4.69) is 45.2 Å². The van der Waals surface area contributed by atoms with Gasteiger partial charge in [-0.1, -0.05) is 84.9 Å². The number of nitrogens with one attached hydrogen (secondary N) is 4. The van der Waals surface area contributed by atoms with Gasteiger partial charge in [-0.2, -0.15) is 0 Å². The number of aromatic amines is 1. The van der Waals surface area contributed by atoms with Crippen LogP contribution in [-0.4, -0.2) is 89.6 Å². The first kappa shape index (κ1) is 41.5. The molecule has 9 rings (SSSR count). The standard InChI is InChI=1S/C47H55N7O7/c1-60-44(58)51-38(32-11-5-3-6-12-32)41(55)53-27-9-15-35(53)29-49-43(57)47-24-21-46(22-25-47,23-26-47)34-19-17-31(18-20-34)36-30-48-40(50-36)37-16-10-28-54(37)42(56)39(52-45(59)61-2)33-13-7-4-8-14-33/h3-8,11-14,17-20,30,35,37-39H,9-10,15-16,21-29H2,1-2H3,(H,48,50)(H,49,57)(H,51,58)(H,52,59)/t35-,37-,38+,39+,46?,47?/m0/s1. The van der Waals surface area contributed by atoms with Crippen molar-refractivity contribution in [2.45, 2.75) is 93.8 Å². The highest BCUT2D eigenvalue weighted by atomic mass is 16.5. The molecule has 2 bridgehead atoms. The lowest BCUT2D eigenvalue weighted by Crippen LogP contribution is -2.54. The number of aromatic nitrogens is 2. The molecular formula is C47H55N7O7. The molecular weight excluding hydrogens is 775 g/mol. The van der Waals surface area contributed by atoms with Gasteiger partial charge in [0.1, 0.15) is 17.9 Å². The zero-order valence-corrected chi connectivity index (χ0v) is 34.9. The molecule has 4 N–H and O–H groups in total. The topological polar surface area (TPSA) is 175 Å². The Morgan fingerprint density at radius 1 is 0.721 bits per heavy atom. The van der Waals surface area contributed by atoms with Crippen molar-refractivity contribution in [2.75, 3.05) is 33.9 Å². The average Bonchev–Trinajstić information content (AvgIpc) is 4.12. The Hall–Kier alpha value is -6.18. The number of carbonyl (C=O) groups excluding carboxylic acids is 5. The number of imidazole rings is 1. The van der Waals surface area contributed by atoms with Gasteiger partial charge in [0.05, 0.1) is 32.2 Å². The third-order valence-electron chi connectivity index (χ3n) is 13.8. The summed E-state index contributed by atoms with van der Waals surface area (Å²) < 4.78 is 9.66. The number of methoxy groups -OCH3 is 2. The highest BCUT2D eigenvalue weighted by molar-refractivity contribution is 5.88. The molecule has 3 aromatic carbocycles. The molecule has 5 aliphatic rings. The number of benzene rings is 3. The molecule has 0 unspecified atom stereocenters. The van der Waals surface area contributed by atoms with Crippen molar-refractivity contribution in [2.24, 2.45) is 5.41 Å². The zero-order chi connectivity index (χ0) is 42.6. The van der Waals surface area contributed by atoms with Crippen LogP contribution in [-0.2, 0) is 29.3 Å². The molecule has 0 radical (unpaired) electrons. The minimum absolute atomic E-state index is 0.0195. The monoisotopic (exact) mass is 829 g/mol. The van der Waals surface area contributed by atoms with Crippen molar-refractivity contribution in [1.29, 1.82) is 0 Å². The summed E-state index contributed by atoms with van der Waals surface area (Å²) in [7, 11) is 2.56. The molecule has 61 heavy (non-hydrogen) atoms. The van der Waals surface area contributed by atoms with Crippen LogP contribution in [0.15, 0.2) is 91.1 Å². The Labute approximate surface area is 356 Å². The van der Waals surface area contributed by atoms with Crippen LogP contribution < -0.4 is 16.0 Å². The SMILES string of the molecule is COC(=O)N[C@@H](C(=O)N1CCC[C@H]1CNC(=O)C12CCC(c3ccc(-c4cnc([C@@H]5CCCN5C(=O)[C@H](NC(=O)OC)c5ccccc5)[nH]4)cc3)(CC1)CC2)c1ccccc1. The molecule has 5 fully saturated rings. The first-order valence-corrected chi connectivity index (χ1v) is 21.5. The van der Waals surface area contributed by atoms with Crippen LogP contribution in [0.4, 0.5) is 9.59 Å². The van der Waals surface area contributed by atoms with E-state index in [9.17, 15) is 24.0 Å². The quantitative estimate of drug-likeness (QED) is 0.123. The Kier molecular flexibility index (Phi) is 12.1. The fourth-order valence-electron chi connectivity index (χ4n) is 10.2. The number of likely N-dealkylation sites (tertiary alicyclic amines) is 2. The molecule has 4 atom stereocenters. The van der Waals surface area contributed by atoms with Crippen LogP contribution in [0.2, 0.25) is 0 Å². The summed E-state index contributed by atoms with van der Waals surface area (Å²) >= 11 is 0. The van der Waals surface area contributed by atoms with Gasteiger partial charge in [0.15, 0.2) is 0 Å². The van der Waals surface area contributed by atoms with E-state index in [1.807, 2.05) is 66.9 Å². The van der Waals surface area contributed by atoms with Crippen LogP contribution in [0.3, 0.4) is 0 Å². The van der Waals surface area contributed by atoms with E-state index in [1.54, 1.807) is 9.80 Å². The van der Waals surface area contributed by atoms with E-state index in [4.69, 9.17) is 14.5 Å². The van der Waals surface area contributed by atoms with Crippen molar-refractivity contribution in [1.82, 2.24) is 35.7 Å². The molecule has 2 aliphatic heterocycles. The minimum atomic E-state index is -0.882. The van der Waals surface area contributed by atoms with E-state index < -0.39 is 29.7 Å². The molecule has 0 spiro atoms. The van der Waals surface area contributed by atoms with E-state index in [0.717, 1.165) is 75.5 Å². The van der Waals surface area contributed by atoms with Gasteiger partial charge in [-0.3, -0.25) is 14.4 Å². The zero-order valence-electron chi connectivity index (χ0n) is 34.9. The van der Waals surface area contributed by atoms with Crippen molar-refractivity contribution < 1.29 is 33.4 Å². The maximum absolute atomic E-state index is 14.0. The van der Waals surface area contributed by atoms with Gasteiger partial charge in [-0.05, 0) is 91.9 Å². The first-order chi connectivity index (χ1) is 29.6. The third kappa shape index (κ3) is 8.44. The number of nitrogens with zero attached hydrogens (tertiary/aromatic N) is 3. The molecule has 320 valence electrons. The molecule has 4 aromatic rings. The summed E-state index contributed by atoms with van der Waals surface area (Å²) in [5.74, 6) is 0.372. The van der Waals surface area contributed by atoms with Gasteiger partial charge < -0.3 is 40.2 Å². The molecule has 14 heteroatoms. The lowest BCUT2D eigenvalue weighted by atomic mass is 9.51. The van der Waals surface area contributed by atoms with Crippen LogP contribution in [0.25, 0.3) is 11.3 Å². The van der Waals surface area contributed by atoms with Crippen LogP contribution in [0.1, 0.15) is 105 Å². The predicted octanol–water partition coefficient (Wildman–Crippen LogP) is 6.63. The van der Waals surface area contributed by atoms with Gasteiger partial charge in [0.2, 0.25) is 11.8 Å². The maximum atomic E-state index is 14.0. The maximum Gasteiger partial charge on any atom is 0.407 e. The number of ether oxygens (including phenoxy) is 2. The van der Waals surface area contributed by atoms with E-state index in [0.29, 0.717) is 36.6 Å². The molecule has 3 saturated carbocycles. The lowest BCUT2D eigenvalue weighted by Gasteiger charge is -2.53. The number of rotatable bonds is 12. The van der Waals surface area contributed by atoms with Crippen LogP contribution in [0, 0.1) is 5.41 Å². The second kappa shape index (κ2) is 17.8. The third-order valence-corrected chi connectivity index (χ3v) is 13.8. The number of fused-ring (bicyclic) bond motifs is 3. The van der Waals surface area contributed by atoms with E-state index in [1.165, 1.54) is 19.8 Å².